The summed E-state index contributed by atoms with van der Waals surface area (Å²) in [7, 11) is 0. The Kier molecular flexibility index (Phi) is 5.75. The first-order chi connectivity index (χ1) is 11.2. The van der Waals surface area contributed by atoms with Crippen molar-refractivity contribution in [3.8, 4) is 0 Å². The van der Waals surface area contributed by atoms with Crippen molar-refractivity contribution in [2.24, 2.45) is 5.41 Å². The van der Waals surface area contributed by atoms with Crippen molar-refractivity contribution >= 4 is 5.91 Å². The van der Waals surface area contributed by atoms with E-state index in [0.717, 1.165) is 17.5 Å². The van der Waals surface area contributed by atoms with Gasteiger partial charge in [-0.2, -0.15) is 5.10 Å². The molecule has 1 aromatic carbocycles. The van der Waals surface area contributed by atoms with Crippen LogP contribution in [-0.2, 0) is 11.3 Å². The van der Waals surface area contributed by atoms with Gasteiger partial charge in [-0.3, -0.25) is 9.48 Å². The molecule has 2 aromatic rings. The van der Waals surface area contributed by atoms with Crippen LogP contribution in [0.15, 0.2) is 36.7 Å². The van der Waals surface area contributed by atoms with Crippen molar-refractivity contribution in [3.05, 3.63) is 53.6 Å². The summed E-state index contributed by atoms with van der Waals surface area (Å²) in [6, 6.07) is 6.22. The second kappa shape index (κ2) is 7.60. The lowest BCUT2D eigenvalue weighted by Gasteiger charge is -2.27. The van der Waals surface area contributed by atoms with E-state index in [2.05, 4.69) is 31.2 Å². The number of rotatable bonds is 6. The number of aryl methyl sites for hydroxylation is 2. The predicted octanol–water partition coefficient (Wildman–Crippen LogP) is 4.01. The van der Waals surface area contributed by atoms with Crippen LogP contribution in [0, 0.1) is 18.2 Å². The van der Waals surface area contributed by atoms with Gasteiger partial charge in [0.2, 0.25) is 5.91 Å². The Balaban J connectivity index is 2.01. The molecule has 0 radical (unpaired) electrons. The van der Waals surface area contributed by atoms with Crippen LogP contribution in [0.25, 0.3) is 0 Å². The Hall–Kier alpha value is -2.17. The molecule has 130 valence electrons. The molecule has 0 aliphatic heterocycles. The Bertz CT molecular complexity index is 671. The van der Waals surface area contributed by atoms with Crippen LogP contribution < -0.4 is 5.32 Å². The van der Waals surface area contributed by atoms with Gasteiger partial charge in [-0.15, -0.1) is 0 Å². The summed E-state index contributed by atoms with van der Waals surface area (Å²) in [5.41, 5.74) is 2.05. The number of aromatic nitrogens is 2. The zero-order chi connectivity index (χ0) is 17.7. The van der Waals surface area contributed by atoms with Gasteiger partial charge in [-0.1, -0.05) is 32.9 Å². The molecule has 1 unspecified atom stereocenters. The van der Waals surface area contributed by atoms with Gasteiger partial charge in [0.05, 0.1) is 12.2 Å². The van der Waals surface area contributed by atoms with Crippen molar-refractivity contribution in [3.63, 3.8) is 0 Å². The van der Waals surface area contributed by atoms with Crippen LogP contribution >= 0.6 is 0 Å². The van der Waals surface area contributed by atoms with Gasteiger partial charge in [0.1, 0.15) is 5.82 Å². The zero-order valence-corrected chi connectivity index (χ0v) is 14.8. The topological polar surface area (TPSA) is 46.9 Å². The molecule has 0 aliphatic carbocycles. The fraction of sp³-hybridized carbons (Fsp3) is 0.474. The number of amides is 1. The molecule has 1 amide bonds. The van der Waals surface area contributed by atoms with Crippen LogP contribution in [-0.4, -0.2) is 15.7 Å². The molecule has 0 aliphatic rings. The molecule has 0 saturated carbocycles. The molecule has 1 atom stereocenters. The first-order valence-electron chi connectivity index (χ1n) is 8.27. The van der Waals surface area contributed by atoms with E-state index in [4.69, 9.17) is 0 Å². The highest BCUT2D eigenvalue weighted by molar-refractivity contribution is 5.76. The lowest BCUT2D eigenvalue weighted by Crippen LogP contribution is -2.31. The summed E-state index contributed by atoms with van der Waals surface area (Å²) in [4.78, 5) is 12.3. The number of halogens is 1. The van der Waals surface area contributed by atoms with Gasteiger partial charge in [0, 0.05) is 19.2 Å². The lowest BCUT2D eigenvalue weighted by molar-refractivity contribution is -0.122. The van der Waals surface area contributed by atoms with E-state index in [1.54, 1.807) is 23.0 Å². The number of hydrogen-bond acceptors (Lipinski definition) is 2. The fourth-order valence-electron chi connectivity index (χ4n) is 2.63. The predicted molar refractivity (Wildman–Crippen MR) is 92.9 cm³/mol. The molecule has 1 aromatic heterocycles. The molecular formula is C19H26FN3O. The fourth-order valence-corrected chi connectivity index (χ4v) is 2.63. The molecule has 1 heterocycles. The van der Waals surface area contributed by atoms with E-state index >= 15 is 0 Å². The van der Waals surface area contributed by atoms with Gasteiger partial charge < -0.3 is 5.32 Å². The van der Waals surface area contributed by atoms with Crippen molar-refractivity contribution in [1.82, 2.24) is 15.1 Å². The Morgan fingerprint density at radius 2 is 1.96 bits per heavy atom. The minimum atomic E-state index is -0.270. The SMILES string of the molecule is Cc1cnn(CCC(=O)NC(CC(C)(C)C)c2ccc(F)cc2)c1. The maximum absolute atomic E-state index is 13.2. The summed E-state index contributed by atoms with van der Waals surface area (Å²) in [5, 5.41) is 7.27. The normalized spacial score (nSPS) is 12.9. The van der Waals surface area contributed by atoms with E-state index < -0.39 is 0 Å². The van der Waals surface area contributed by atoms with Crippen LogP contribution in [0.1, 0.15) is 50.8 Å². The zero-order valence-electron chi connectivity index (χ0n) is 14.8. The third-order valence-corrected chi connectivity index (χ3v) is 3.75. The van der Waals surface area contributed by atoms with Gasteiger partial charge in [0.25, 0.3) is 0 Å². The average Bonchev–Trinajstić information content (AvgIpc) is 2.89. The summed E-state index contributed by atoms with van der Waals surface area (Å²) >= 11 is 0. The minimum absolute atomic E-state index is 0.0262. The van der Waals surface area contributed by atoms with Crippen LogP contribution in [0.3, 0.4) is 0 Å². The van der Waals surface area contributed by atoms with E-state index in [9.17, 15) is 9.18 Å². The molecule has 24 heavy (non-hydrogen) atoms. The lowest BCUT2D eigenvalue weighted by atomic mass is 9.85. The highest BCUT2D eigenvalue weighted by Crippen LogP contribution is 2.29. The van der Waals surface area contributed by atoms with Crippen molar-refractivity contribution in [2.75, 3.05) is 0 Å². The molecular weight excluding hydrogens is 305 g/mol. The number of carbonyl (C=O) groups is 1. The number of nitrogens with one attached hydrogen (secondary N) is 1. The number of nitrogens with zero attached hydrogens (tertiary/aromatic N) is 2. The summed E-state index contributed by atoms with van der Waals surface area (Å²) in [6.45, 7) is 8.90. The number of carbonyl (C=O) groups excluding carboxylic acids is 1. The summed E-state index contributed by atoms with van der Waals surface area (Å²) in [6.07, 6.45) is 4.84. The maximum Gasteiger partial charge on any atom is 0.222 e. The molecule has 2 rings (SSSR count). The third kappa shape index (κ3) is 5.80. The molecule has 0 spiro atoms. The van der Waals surface area contributed by atoms with Crippen LogP contribution in [0.2, 0.25) is 0 Å². The highest BCUT2D eigenvalue weighted by Gasteiger charge is 2.22. The highest BCUT2D eigenvalue weighted by atomic mass is 19.1. The van der Waals surface area contributed by atoms with E-state index in [0.29, 0.717) is 13.0 Å². The second-order valence-electron chi connectivity index (χ2n) is 7.47. The van der Waals surface area contributed by atoms with Crippen molar-refractivity contribution in [1.29, 1.82) is 0 Å². The molecule has 0 fully saturated rings. The van der Waals surface area contributed by atoms with Gasteiger partial charge >= 0.3 is 0 Å². The van der Waals surface area contributed by atoms with E-state index in [1.807, 2.05) is 13.1 Å². The van der Waals surface area contributed by atoms with E-state index in [1.165, 1.54) is 12.1 Å². The maximum atomic E-state index is 13.2. The second-order valence-corrected chi connectivity index (χ2v) is 7.47. The molecule has 0 saturated heterocycles. The minimum Gasteiger partial charge on any atom is -0.349 e. The first kappa shape index (κ1) is 18.2. The summed E-state index contributed by atoms with van der Waals surface area (Å²) in [5.74, 6) is -0.296. The van der Waals surface area contributed by atoms with Crippen LogP contribution in [0.4, 0.5) is 4.39 Å². The summed E-state index contributed by atoms with van der Waals surface area (Å²) < 4.78 is 14.9. The van der Waals surface area contributed by atoms with E-state index in [-0.39, 0.29) is 23.2 Å². The molecule has 5 heteroatoms. The number of benzene rings is 1. The van der Waals surface area contributed by atoms with Gasteiger partial charge in [-0.25, -0.2) is 4.39 Å². The Morgan fingerprint density at radius 1 is 1.29 bits per heavy atom. The first-order valence-corrected chi connectivity index (χ1v) is 8.27. The third-order valence-electron chi connectivity index (χ3n) is 3.75. The number of hydrogen-bond donors (Lipinski definition) is 1. The standard InChI is InChI=1S/C19H26FN3O/c1-14-12-21-23(13-14)10-9-18(24)22-17(11-19(2,3)4)15-5-7-16(20)8-6-15/h5-8,12-13,17H,9-11H2,1-4H3,(H,22,24). The molecule has 0 bridgehead atoms. The van der Waals surface area contributed by atoms with Crippen LogP contribution in [0.5, 0.6) is 0 Å². The Morgan fingerprint density at radius 3 is 2.50 bits per heavy atom. The van der Waals surface area contributed by atoms with Gasteiger partial charge in [-0.05, 0) is 42.0 Å². The smallest absolute Gasteiger partial charge is 0.222 e. The largest absolute Gasteiger partial charge is 0.349 e. The van der Waals surface area contributed by atoms with Crippen molar-refractivity contribution in [2.45, 2.75) is 53.1 Å². The molecule has 1 N–H and O–H groups in total. The van der Waals surface area contributed by atoms with Crippen molar-refractivity contribution < 1.29 is 9.18 Å². The monoisotopic (exact) mass is 331 g/mol. The molecule has 4 nitrogen and oxygen atoms in total. The quantitative estimate of drug-likeness (QED) is 0.869. The van der Waals surface area contributed by atoms with Gasteiger partial charge in [0.15, 0.2) is 0 Å². The Labute approximate surface area is 143 Å². The average molecular weight is 331 g/mol.